The average molecular weight is 258 g/mol. The van der Waals surface area contributed by atoms with Gasteiger partial charge >= 0.3 is 12.0 Å². The maximum Gasteiger partial charge on any atom is 0.315 e. The number of ether oxygens (including phenoxy) is 1. The molecular weight excluding hydrogens is 236 g/mol. The van der Waals surface area contributed by atoms with E-state index in [2.05, 4.69) is 24.5 Å². The third-order valence-corrected chi connectivity index (χ3v) is 3.11. The van der Waals surface area contributed by atoms with Crippen LogP contribution < -0.4 is 10.6 Å². The van der Waals surface area contributed by atoms with Crippen molar-refractivity contribution in [2.75, 3.05) is 13.2 Å². The number of nitrogens with one attached hydrogen (secondary N) is 2. The van der Waals surface area contributed by atoms with Crippen molar-refractivity contribution in [3.8, 4) is 0 Å². The fraction of sp³-hybridized carbons (Fsp3) is 0.833. The van der Waals surface area contributed by atoms with Crippen LogP contribution in [0.25, 0.3) is 0 Å². The molecule has 0 bridgehead atoms. The number of carboxylic acids is 1. The molecule has 6 nitrogen and oxygen atoms in total. The molecule has 0 aromatic heterocycles. The van der Waals surface area contributed by atoms with Crippen molar-refractivity contribution in [2.45, 2.75) is 45.8 Å². The smallest absolute Gasteiger partial charge is 0.315 e. The Kier molecular flexibility index (Phi) is 4.95. The van der Waals surface area contributed by atoms with Crippen molar-refractivity contribution in [2.24, 2.45) is 5.41 Å². The number of rotatable bonds is 7. The van der Waals surface area contributed by atoms with E-state index in [-0.39, 0.29) is 30.5 Å². The fourth-order valence-electron chi connectivity index (χ4n) is 1.75. The van der Waals surface area contributed by atoms with E-state index in [1.165, 1.54) is 0 Å². The molecule has 3 N–H and O–H groups in total. The molecule has 0 aromatic rings. The summed E-state index contributed by atoms with van der Waals surface area (Å²) in [5.74, 6) is -0.931. The van der Waals surface area contributed by atoms with Crippen LogP contribution in [0, 0.1) is 5.41 Å². The van der Waals surface area contributed by atoms with E-state index >= 15 is 0 Å². The lowest BCUT2D eigenvalue weighted by Crippen LogP contribution is -2.42. The maximum absolute atomic E-state index is 11.6. The number of amides is 2. The monoisotopic (exact) mass is 258 g/mol. The van der Waals surface area contributed by atoms with Crippen LogP contribution in [0.2, 0.25) is 0 Å². The zero-order chi connectivity index (χ0) is 13.8. The Morgan fingerprint density at radius 3 is 2.56 bits per heavy atom. The first-order chi connectivity index (χ1) is 8.35. The first-order valence-electron chi connectivity index (χ1n) is 6.23. The molecule has 6 heteroatoms. The summed E-state index contributed by atoms with van der Waals surface area (Å²) < 4.78 is 5.24. The second-order valence-corrected chi connectivity index (χ2v) is 5.27. The highest BCUT2D eigenvalue weighted by molar-refractivity contribution is 5.75. The third-order valence-electron chi connectivity index (χ3n) is 3.11. The lowest BCUT2D eigenvalue weighted by atomic mass is 10.2. The van der Waals surface area contributed by atoms with Gasteiger partial charge in [0.25, 0.3) is 0 Å². The van der Waals surface area contributed by atoms with Crippen LogP contribution in [-0.4, -0.2) is 42.4 Å². The molecule has 1 aliphatic rings. The highest BCUT2D eigenvalue weighted by Crippen LogP contribution is 2.44. The van der Waals surface area contributed by atoms with Gasteiger partial charge in [-0.15, -0.1) is 0 Å². The number of urea groups is 1. The maximum atomic E-state index is 11.6. The van der Waals surface area contributed by atoms with Gasteiger partial charge in [-0.2, -0.15) is 0 Å². The highest BCUT2D eigenvalue weighted by atomic mass is 16.5. The predicted octanol–water partition coefficient (Wildman–Crippen LogP) is 0.964. The lowest BCUT2D eigenvalue weighted by molar-refractivity contribution is -0.140. The topological polar surface area (TPSA) is 87.7 Å². The Hall–Kier alpha value is -1.30. The number of carbonyl (C=O) groups is 2. The number of carbonyl (C=O) groups excluding carboxylic acids is 1. The van der Waals surface area contributed by atoms with Gasteiger partial charge in [-0.3, -0.25) is 4.79 Å². The van der Waals surface area contributed by atoms with Crippen LogP contribution in [-0.2, 0) is 9.53 Å². The van der Waals surface area contributed by atoms with E-state index < -0.39 is 12.1 Å². The van der Waals surface area contributed by atoms with E-state index in [1.807, 2.05) is 0 Å². The minimum atomic E-state index is -0.931. The molecule has 2 unspecified atom stereocenters. The van der Waals surface area contributed by atoms with E-state index in [1.54, 1.807) is 6.92 Å². The first kappa shape index (κ1) is 14.8. The van der Waals surface area contributed by atoms with Gasteiger partial charge in [-0.1, -0.05) is 13.8 Å². The standard InChI is InChI=1S/C12H22N2O4/c1-4-18-8(5-10(15)16)7-13-11(17)14-9-6-12(9,2)3/h8-9H,4-7H2,1-3H3,(H,15,16)(H2,13,14,17). The van der Waals surface area contributed by atoms with Crippen molar-refractivity contribution in [3.63, 3.8) is 0 Å². The molecule has 0 heterocycles. The number of aliphatic carboxylic acids is 1. The van der Waals surface area contributed by atoms with Crippen LogP contribution in [0.5, 0.6) is 0 Å². The van der Waals surface area contributed by atoms with Gasteiger partial charge in [0.1, 0.15) is 0 Å². The zero-order valence-corrected chi connectivity index (χ0v) is 11.2. The van der Waals surface area contributed by atoms with Crippen molar-refractivity contribution >= 4 is 12.0 Å². The zero-order valence-electron chi connectivity index (χ0n) is 11.2. The number of hydrogen-bond donors (Lipinski definition) is 3. The van der Waals surface area contributed by atoms with Crippen LogP contribution in [0.1, 0.15) is 33.6 Å². The second kappa shape index (κ2) is 6.04. The summed E-state index contributed by atoms with van der Waals surface area (Å²) in [6, 6.07) is -0.0526. The van der Waals surface area contributed by atoms with Crippen molar-refractivity contribution in [1.29, 1.82) is 0 Å². The van der Waals surface area contributed by atoms with Crippen molar-refractivity contribution < 1.29 is 19.4 Å². The van der Waals surface area contributed by atoms with Gasteiger partial charge < -0.3 is 20.5 Å². The quantitative estimate of drug-likeness (QED) is 0.635. The summed E-state index contributed by atoms with van der Waals surface area (Å²) in [5, 5.41) is 14.2. The van der Waals surface area contributed by atoms with E-state index in [4.69, 9.17) is 9.84 Å². The molecule has 2 atom stereocenters. The largest absolute Gasteiger partial charge is 0.481 e. The van der Waals surface area contributed by atoms with E-state index in [0.717, 1.165) is 6.42 Å². The fourth-order valence-corrected chi connectivity index (χ4v) is 1.75. The molecule has 1 saturated carbocycles. The minimum absolute atomic E-state index is 0.108. The molecule has 1 fully saturated rings. The molecule has 0 aromatic carbocycles. The first-order valence-corrected chi connectivity index (χ1v) is 6.23. The molecule has 1 aliphatic carbocycles. The molecule has 104 valence electrons. The Morgan fingerprint density at radius 1 is 1.50 bits per heavy atom. The molecule has 2 amide bonds. The van der Waals surface area contributed by atoms with Crippen molar-refractivity contribution in [3.05, 3.63) is 0 Å². The van der Waals surface area contributed by atoms with Gasteiger partial charge in [-0.25, -0.2) is 4.79 Å². The van der Waals surface area contributed by atoms with Crippen molar-refractivity contribution in [1.82, 2.24) is 10.6 Å². The Morgan fingerprint density at radius 2 is 2.11 bits per heavy atom. The Balaban J connectivity index is 2.24. The summed E-state index contributed by atoms with van der Waals surface area (Å²) >= 11 is 0. The molecule has 1 rings (SSSR count). The molecular formula is C12H22N2O4. The van der Waals surface area contributed by atoms with Crippen LogP contribution in [0.3, 0.4) is 0 Å². The molecule has 0 aliphatic heterocycles. The van der Waals surface area contributed by atoms with Crippen LogP contribution in [0.15, 0.2) is 0 Å². The molecule has 18 heavy (non-hydrogen) atoms. The van der Waals surface area contributed by atoms with Gasteiger partial charge in [0, 0.05) is 19.2 Å². The summed E-state index contributed by atoms with van der Waals surface area (Å²) in [6.07, 6.45) is 0.387. The summed E-state index contributed by atoms with van der Waals surface area (Å²) in [6.45, 7) is 6.61. The summed E-state index contributed by atoms with van der Waals surface area (Å²) in [5.41, 5.74) is 0.178. The van der Waals surface area contributed by atoms with Crippen LogP contribution >= 0.6 is 0 Å². The second-order valence-electron chi connectivity index (χ2n) is 5.27. The summed E-state index contributed by atoms with van der Waals surface area (Å²) in [4.78, 5) is 22.1. The minimum Gasteiger partial charge on any atom is -0.481 e. The molecule has 0 saturated heterocycles. The predicted molar refractivity (Wildman–Crippen MR) is 66.4 cm³/mol. The lowest BCUT2D eigenvalue weighted by Gasteiger charge is -2.16. The SMILES string of the molecule is CCOC(CNC(=O)NC1CC1(C)C)CC(=O)O. The van der Waals surface area contributed by atoms with E-state index in [0.29, 0.717) is 6.61 Å². The Bertz CT molecular complexity index is 317. The average Bonchev–Trinajstić information content (AvgIpc) is 2.82. The number of carboxylic acid groups (broad SMARTS) is 1. The molecule has 0 radical (unpaired) electrons. The summed E-state index contributed by atoms with van der Waals surface area (Å²) in [7, 11) is 0. The van der Waals surface area contributed by atoms with Crippen LogP contribution in [0.4, 0.5) is 4.79 Å². The van der Waals surface area contributed by atoms with Gasteiger partial charge in [0.15, 0.2) is 0 Å². The third kappa shape index (κ3) is 4.91. The van der Waals surface area contributed by atoms with Gasteiger partial charge in [-0.05, 0) is 18.8 Å². The molecule has 0 spiro atoms. The Labute approximate surface area is 107 Å². The normalized spacial score (nSPS) is 22.1. The number of hydrogen-bond acceptors (Lipinski definition) is 3. The van der Waals surface area contributed by atoms with Gasteiger partial charge in [0.05, 0.1) is 12.5 Å². The van der Waals surface area contributed by atoms with Gasteiger partial charge in [0.2, 0.25) is 0 Å². The highest BCUT2D eigenvalue weighted by Gasteiger charge is 2.46. The van der Waals surface area contributed by atoms with E-state index in [9.17, 15) is 9.59 Å².